The van der Waals surface area contributed by atoms with Crippen LogP contribution in [0, 0.1) is 0 Å². The first-order valence-electron chi connectivity index (χ1n) is 6.94. The highest BCUT2D eigenvalue weighted by Gasteiger charge is 2.21. The summed E-state index contributed by atoms with van der Waals surface area (Å²) in [5.74, 6) is 0. The van der Waals surface area contributed by atoms with Crippen LogP contribution >= 0.6 is 0 Å². The van der Waals surface area contributed by atoms with Crippen molar-refractivity contribution in [2.24, 2.45) is 0 Å². The van der Waals surface area contributed by atoms with Gasteiger partial charge in [-0.15, -0.1) is 0 Å². The molecule has 102 valence electrons. The van der Waals surface area contributed by atoms with Gasteiger partial charge in [0, 0.05) is 25.2 Å². The molecule has 4 heteroatoms. The van der Waals surface area contributed by atoms with Gasteiger partial charge in [0.2, 0.25) is 0 Å². The Bertz CT molecular complexity index is 201. The van der Waals surface area contributed by atoms with Gasteiger partial charge in [0.15, 0.2) is 0 Å². The summed E-state index contributed by atoms with van der Waals surface area (Å²) in [4.78, 5) is 4.91. The van der Waals surface area contributed by atoms with E-state index < -0.39 is 0 Å². The molecule has 4 nitrogen and oxygen atoms in total. The van der Waals surface area contributed by atoms with Crippen molar-refractivity contribution >= 4 is 0 Å². The molecule has 17 heavy (non-hydrogen) atoms. The van der Waals surface area contributed by atoms with Gasteiger partial charge >= 0.3 is 0 Å². The molecule has 1 rings (SSSR count). The van der Waals surface area contributed by atoms with E-state index in [4.69, 9.17) is 0 Å². The number of likely N-dealkylation sites (N-methyl/N-ethyl adjacent to an activating group) is 1. The molecule has 0 aromatic heterocycles. The van der Waals surface area contributed by atoms with Crippen molar-refractivity contribution < 1.29 is 5.11 Å². The molecule has 0 saturated carbocycles. The summed E-state index contributed by atoms with van der Waals surface area (Å²) in [6.45, 7) is 10.1. The highest BCUT2D eigenvalue weighted by atomic mass is 16.3. The summed E-state index contributed by atoms with van der Waals surface area (Å²) in [6.07, 6.45) is 2.35. The quantitative estimate of drug-likeness (QED) is 0.707. The number of hydrogen-bond acceptors (Lipinski definition) is 4. The van der Waals surface area contributed by atoms with Gasteiger partial charge in [-0.25, -0.2) is 0 Å². The van der Waals surface area contributed by atoms with E-state index in [-0.39, 0.29) is 12.6 Å². The van der Waals surface area contributed by atoms with Gasteiger partial charge in [-0.1, -0.05) is 6.92 Å². The zero-order valence-corrected chi connectivity index (χ0v) is 11.7. The number of hydrogen-bond donors (Lipinski definition) is 2. The third-order valence-electron chi connectivity index (χ3n) is 3.54. The lowest BCUT2D eigenvalue weighted by Crippen LogP contribution is -2.48. The molecule has 1 fully saturated rings. The summed E-state index contributed by atoms with van der Waals surface area (Å²) in [5, 5.41) is 12.8. The van der Waals surface area contributed by atoms with Crippen molar-refractivity contribution in [1.29, 1.82) is 0 Å². The SMILES string of the molecule is CCCNC(CO)CN1CCCN(C)CC1C. The molecule has 2 N–H and O–H groups in total. The molecule has 1 saturated heterocycles. The second-order valence-electron chi connectivity index (χ2n) is 5.29. The summed E-state index contributed by atoms with van der Waals surface area (Å²) < 4.78 is 0. The van der Waals surface area contributed by atoms with Crippen LogP contribution in [0.15, 0.2) is 0 Å². The molecule has 0 aliphatic carbocycles. The number of nitrogens with zero attached hydrogens (tertiary/aromatic N) is 2. The standard InChI is InChI=1S/C13H29N3O/c1-4-6-14-13(11-17)10-16-8-5-7-15(3)9-12(16)2/h12-14,17H,4-11H2,1-3H3. The highest BCUT2D eigenvalue weighted by molar-refractivity contribution is 4.79. The van der Waals surface area contributed by atoms with E-state index in [9.17, 15) is 5.11 Å². The Morgan fingerprint density at radius 2 is 2.18 bits per heavy atom. The molecular weight excluding hydrogens is 214 g/mol. The maximum absolute atomic E-state index is 9.39. The van der Waals surface area contributed by atoms with E-state index in [1.807, 2.05) is 0 Å². The topological polar surface area (TPSA) is 38.7 Å². The molecule has 0 bridgehead atoms. The van der Waals surface area contributed by atoms with E-state index in [0.717, 1.165) is 32.6 Å². The first-order valence-corrected chi connectivity index (χ1v) is 6.94. The van der Waals surface area contributed by atoms with Crippen LogP contribution in [0.1, 0.15) is 26.7 Å². The van der Waals surface area contributed by atoms with Crippen LogP contribution in [-0.2, 0) is 0 Å². The Balaban J connectivity index is 2.41. The third-order valence-corrected chi connectivity index (χ3v) is 3.54. The van der Waals surface area contributed by atoms with Crippen molar-refractivity contribution in [3.63, 3.8) is 0 Å². The van der Waals surface area contributed by atoms with Crippen LogP contribution < -0.4 is 5.32 Å². The van der Waals surface area contributed by atoms with E-state index >= 15 is 0 Å². The average molecular weight is 243 g/mol. The van der Waals surface area contributed by atoms with Gasteiger partial charge in [-0.3, -0.25) is 4.90 Å². The lowest BCUT2D eigenvalue weighted by molar-refractivity contribution is 0.150. The van der Waals surface area contributed by atoms with Crippen molar-refractivity contribution in [3.8, 4) is 0 Å². The number of aliphatic hydroxyl groups is 1. The highest BCUT2D eigenvalue weighted by Crippen LogP contribution is 2.09. The molecule has 1 heterocycles. The fraction of sp³-hybridized carbons (Fsp3) is 1.00. The van der Waals surface area contributed by atoms with E-state index in [2.05, 4.69) is 36.0 Å². The second-order valence-corrected chi connectivity index (χ2v) is 5.29. The van der Waals surface area contributed by atoms with Crippen LogP contribution in [-0.4, -0.2) is 73.4 Å². The molecule has 0 amide bonds. The summed E-state index contributed by atoms with van der Waals surface area (Å²) >= 11 is 0. The minimum absolute atomic E-state index is 0.223. The number of aliphatic hydroxyl groups excluding tert-OH is 1. The molecule has 2 unspecified atom stereocenters. The Labute approximate surface area is 106 Å². The molecule has 0 aromatic rings. The number of nitrogens with one attached hydrogen (secondary N) is 1. The summed E-state index contributed by atoms with van der Waals surface area (Å²) in [6, 6.07) is 0.806. The second kappa shape index (κ2) is 8.03. The van der Waals surface area contributed by atoms with Crippen LogP contribution in [0.4, 0.5) is 0 Å². The van der Waals surface area contributed by atoms with Crippen molar-refractivity contribution in [2.45, 2.75) is 38.8 Å². The van der Waals surface area contributed by atoms with Crippen molar-refractivity contribution in [1.82, 2.24) is 15.1 Å². The zero-order valence-electron chi connectivity index (χ0n) is 11.7. The van der Waals surface area contributed by atoms with Gasteiger partial charge in [-0.2, -0.15) is 0 Å². The average Bonchev–Trinajstić information content (AvgIpc) is 2.46. The van der Waals surface area contributed by atoms with E-state index in [1.54, 1.807) is 0 Å². The smallest absolute Gasteiger partial charge is 0.0597 e. The Morgan fingerprint density at radius 3 is 2.82 bits per heavy atom. The van der Waals surface area contributed by atoms with E-state index in [0.29, 0.717) is 6.04 Å². The Hall–Kier alpha value is -0.160. The molecule has 0 radical (unpaired) electrons. The van der Waals surface area contributed by atoms with Crippen LogP contribution in [0.25, 0.3) is 0 Å². The summed E-state index contributed by atoms with van der Waals surface area (Å²) in [7, 11) is 2.19. The predicted molar refractivity (Wildman–Crippen MR) is 72.3 cm³/mol. The van der Waals surface area contributed by atoms with Gasteiger partial charge in [0.1, 0.15) is 0 Å². The first kappa shape index (κ1) is 14.9. The first-order chi connectivity index (χ1) is 8.17. The summed E-state index contributed by atoms with van der Waals surface area (Å²) in [5.41, 5.74) is 0. The maximum Gasteiger partial charge on any atom is 0.0597 e. The fourth-order valence-electron chi connectivity index (χ4n) is 2.51. The van der Waals surface area contributed by atoms with Gasteiger partial charge < -0.3 is 15.3 Å². The Morgan fingerprint density at radius 1 is 1.41 bits per heavy atom. The zero-order chi connectivity index (χ0) is 12.7. The minimum Gasteiger partial charge on any atom is -0.395 e. The molecule has 2 atom stereocenters. The van der Waals surface area contributed by atoms with Gasteiger partial charge in [-0.05, 0) is 46.4 Å². The third kappa shape index (κ3) is 5.34. The normalized spacial score (nSPS) is 25.8. The molecule has 1 aliphatic heterocycles. The fourth-order valence-corrected chi connectivity index (χ4v) is 2.51. The molecular formula is C13H29N3O. The lowest BCUT2D eigenvalue weighted by Gasteiger charge is -2.31. The largest absolute Gasteiger partial charge is 0.395 e. The van der Waals surface area contributed by atoms with Crippen LogP contribution in [0.3, 0.4) is 0 Å². The lowest BCUT2D eigenvalue weighted by atomic mass is 10.2. The van der Waals surface area contributed by atoms with Crippen molar-refractivity contribution in [3.05, 3.63) is 0 Å². The van der Waals surface area contributed by atoms with Crippen LogP contribution in [0.5, 0.6) is 0 Å². The van der Waals surface area contributed by atoms with Gasteiger partial charge in [0.05, 0.1) is 6.61 Å². The molecule has 0 aromatic carbocycles. The van der Waals surface area contributed by atoms with Crippen molar-refractivity contribution in [2.75, 3.05) is 46.4 Å². The number of rotatable bonds is 6. The monoisotopic (exact) mass is 243 g/mol. The van der Waals surface area contributed by atoms with E-state index in [1.165, 1.54) is 13.0 Å². The molecule has 0 spiro atoms. The molecule has 1 aliphatic rings. The predicted octanol–water partition coefficient (Wildman–Crippen LogP) is 0.373. The van der Waals surface area contributed by atoms with Gasteiger partial charge in [0.25, 0.3) is 0 Å². The Kier molecular flexibility index (Phi) is 7.04. The maximum atomic E-state index is 9.39. The minimum atomic E-state index is 0.223. The van der Waals surface area contributed by atoms with Crippen LogP contribution in [0.2, 0.25) is 0 Å².